The molecule has 0 amide bonds. The highest BCUT2D eigenvalue weighted by atomic mass is 16.5. The van der Waals surface area contributed by atoms with Crippen LogP contribution >= 0.6 is 0 Å². The van der Waals surface area contributed by atoms with Gasteiger partial charge in [-0.25, -0.2) is 0 Å². The Kier molecular flexibility index (Phi) is 2.86. The molecule has 3 atom stereocenters. The third kappa shape index (κ3) is 2.03. The van der Waals surface area contributed by atoms with Gasteiger partial charge < -0.3 is 4.74 Å². The van der Waals surface area contributed by atoms with Crippen LogP contribution in [0.3, 0.4) is 0 Å². The first-order valence-corrected chi connectivity index (χ1v) is 5.36. The van der Waals surface area contributed by atoms with Crippen LogP contribution in [0.1, 0.15) is 26.2 Å². The summed E-state index contributed by atoms with van der Waals surface area (Å²) in [4.78, 5) is 2.43. The average molecular weight is 184 g/mol. The predicted molar refractivity (Wildman–Crippen MR) is 52.6 cm³/mol. The number of likely N-dealkylation sites (tertiary alicyclic amines) is 1. The van der Waals surface area contributed by atoms with Crippen molar-refractivity contribution in [2.75, 3.05) is 20.1 Å². The van der Waals surface area contributed by atoms with Crippen molar-refractivity contribution >= 4 is 0 Å². The van der Waals surface area contributed by atoms with Crippen LogP contribution in [0.2, 0.25) is 0 Å². The summed E-state index contributed by atoms with van der Waals surface area (Å²) in [5.41, 5.74) is 0. The van der Waals surface area contributed by atoms with E-state index in [0.717, 1.165) is 6.54 Å². The van der Waals surface area contributed by atoms with Gasteiger partial charge in [-0.05, 0) is 33.4 Å². The Morgan fingerprint density at radius 3 is 2.85 bits per heavy atom. The maximum absolute atomic E-state index is 5.82. The van der Waals surface area contributed by atoms with E-state index in [1.54, 1.807) is 0 Å². The molecule has 0 aromatic carbocycles. The van der Waals surface area contributed by atoms with Gasteiger partial charge in [0, 0.05) is 12.6 Å². The lowest BCUT2D eigenvalue weighted by Crippen LogP contribution is -2.48. The van der Waals surface area contributed by atoms with E-state index in [-0.39, 0.29) is 6.23 Å². The van der Waals surface area contributed by atoms with Crippen LogP contribution in [0.5, 0.6) is 0 Å². The van der Waals surface area contributed by atoms with Gasteiger partial charge in [-0.3, -0.25) is 10.2 Å². The molecule has 0 saturated carbocycles. The van der Waals surface area contributed by atoms with Crippen LogP contribution in [0, 0.1) is 0 Å². The molecule has 0 aliphatic carbocycles. The van der Waals surface area contributed by atoms with Crippen molar-refractivity contribution in [3.05, 3.63) is 0 Å². The zero-order chi connectivity index (χ0) is 9.26. The monoisotopic (exact) mass is 184 g/mol. The van der Waals surface area contributed by atoms with E-state index >= 15 is 0 Å². The van der Waals surface area contributed by atoms with Crippen molar-refractivity contribution in [1.82, 2.24) is 10.2 Å². The molecule has 2 aliphatic rings. The molecule has 2 heterocycles. The summed E-state index contributed by atoms with van der Waals surface area (Å²) in [5.74, 6) is 0. The molecular formula is C10H20N2O. The minimum atomic E-state index is 0.278. The molecule has 0 spiro atoms. The molecule has 13 heavy (non-hydrogen) atoms. The fourth-order valence-electron chi connectivity index (χ4n) is 2.34. The Morgan fingerprint density at radius 1 is 1.38 bits per heavy atom. The summed E-state index contributed by atoms with van der Waals surface area (Å²) in [7, 11) is 2.21. The molecule has 76 valence electrons. The van der Waals surface area contributed by atoms with Crippen LogP contribution in [0.25, 0.3) is 0 Å². The van der Waals surface area contributed by atoms with E-state index in [4.69, 9.17) is 4.74 Å². The number of hydrogen-bond donors (Lipinski definition) is 1. The van der Waals surface area contributed by atoms with Crippen LogP contribution in [0.15, 0.2) is 0 Å². The van der Waals surface area contributed by atoms with Gasteiger partial charge >= 0.3 is 0 Å². The molecule has 2 aliphatic heterocycles. The number of nitrogens with one attached hydrogen (secondary N) is 1. The van der Waals surface area contributed by atoms with E-state index in [0.29, 0.717) is 12.1 Å². The summed E-state index contributed by atoms with van der Waals surface area (Å²) in [6, 6.07) is 0.596. The summed E-state index contributed by atoms with van der Waals surface area (Å²) in [6.07, 6.45) is 4.64. The van der Waals surface area contributed by atoms with Crippen molar-refractivity contribution in [2.24, 2.45) is 0 Å². The Bertz CT molecular complexity index is 174. The minimum Gasteiger partial charge on any atom is -0.357 e. The van der Waals surface area contributed by atoms with Crippen molar-refractivity contribution in [3.63, 3.8) is 0 Å². The summed E-state index contributed by atoms with van der Waals surface area (Å²) >= 11 is 0. The Labute approximate surface area is 80.4 Å². The topological polar surface area (TPSA) is 24.5 Å². The van der Waals surface area contributed by atoms with Crippen LogP contribution < -0.4 is 5.32 Å². The Hall–Kier alpha value is -0.120. The molecule has 0 aromatic rings. The molecule has 2 fully saturated rings. The quantitative estimate of drug-likeness (QED) is 0.652. The van der Waals surface area contributed by atoms with E-state index in [1.165, 1.54) is 25.8 Å². The number of likely N-dealkylation sites (N-methyl/N-ethyl adjacent to an activating group) is 1. The second kappa shape index (κ2) is 3.95. The van der Waals surface area contributed by atoms with E-state index < -0.39 is 0 Å². The summed E-state index contributed by atoms with van der Waals surface area (Å²) in [6.45, 7) is 4.37. The molecule has 3 nitrogen and oxygen atoms in total. The molecule has 0 aromatic heterocycles. The molecule has 3 unspecified atom stereocenters. The first-order valence-electron chi connectivity index (χ1n) is 5.36. The van der Waals surface area contributed by atoms with E-state index in [9.17, 15) is 0 Å². The lowest BCUT2D eigenvalue weighted by molar-refractivity contribution is -0.0185. The first-order chi connectivity index (χ1) is 6.27. The van der Waals surface area contributed by atoms with Gasteiger partial charge in [0.2, 0.25) is 0 Å². The highest BCUT2D eigenvalue weighted by Gasteiger charge is 2.32. The Morgan fingerprint density at radius 2 is 2.23 bits per heavy atom. The molecule has 3 heteroatoms. The predicted octanol–water partition coefficient (Wildman–Crippen LogP) is 0.805. The number of piperidine rings is 1. The minimum absolute atomic E-state index is 0.278. The zero-order valence-corrected chi connectivity index (χ0v) is 8.62. The van der Waals surface area contributed by atoms with Gasteiger partial charge in [-0.2, -0.15) is 0 Å². The fourth-order valence-corrected chi connectivity index (χ4v) is 2.34. The maximum atomic E-state index is 5.82. The molecule has 2 rings (SSSR count). The van der Waals surface area contributed by atoms with Crippen LogP contribution in [0.4, 0.5) is 0 Å². The third-order valence-electron chi connectivity index (χ3n) is 3.16. The highest BCUT2D eigenvalue weighted by molar-refractivity contribution is 4.84. The molecule has 0 radical (unpaired) electrons. The summed E-state index contributed by atoms with van der Waals surface area (Å²) in [5, 5.41) is 3.44. The van der Waals surface area contributed by atoms with E-state index in [1.807, 2.05) is 0 Å². The smallest absolute Gasteiger partial charge is 0.124 e. The van der Waals surface area contributed by atoms with Crippen LogP contribution in [-0.4, -0.2) is 43.4 Å². The van der Waals surface area contributed by atoms with Crippen molar-refractivity contribution in [3.8, 4) is 0 Å². The van der Waals surface area contributed by atoms with Gasteiger partial charge in [0.1, 0.15) is 6.23 Å². The molecule has 1 N–H and O–H groups in total. The van der Waals surface area contributed by atoms with Gasteiger partial charge in [0.05, 0.1) is 6.10 Å². The number of rotatable bonds is 1. The van der Waals surface area contributed by atoms with Crippen molar-refractivity contribution in [1.29, 1.82) is 0 Å². The SMILES string of the molecule is CC1CNC(C2CCCCN2C)O1. The average Bonchev–Trinajstić information content (AvgIpc) is 2.53. The largest absolute Gasteiger partial charge is 0.357 e. The summed E-state index contributed by atoms with van der Waals surface area (Å²) < 4.78 is 5.82. The third-order valence-corrected chi connectivity index (χ3v) is 3.16. The number of hydrogen-bond acceptors (Lipinski definition) is 3. The molecule has 0 bridgehead atoms. The molecule has 2 saturated heterocycles. The number of nitrogens with zero attached hydrogens (tertiary/aromatic N) is 1. The Balaban J connectivity index is 1.91. The van der Waals surface area contributed by atoms with Gasteiger partial charge in [-0.15, -0.1) is 0 Å². The van der Waals surface area contributed by atoms with E-state index in [2.05, 4.69) is 24.2 Å². The van der Waals surface area contributed by atoms with Gasteiger partial charge in [-0.1, -0.05) is 6.42 Å². The lowest BCUT2D eigenvalue weighted by atomic mass is 10.0. The number of ether oxygens (including phenoxy) is 1. The van der Waals surface area contributed by atoms with Crippen molar-refractivity contribution < 1.29 is 4.74 Å². The van der Waals surface area contributed by atoms with Crippen molar-refractivity contribution in [2.45, 2.75) is 44.6 Å². The normalized spacial score (nSPS) is 42.5. The molecular weight excluding hydrogens is 164 g/mol. The van der Waals surface area contributed by atoms with Gasteiger partial charge in [0.25, 0.3) is 0 Å². The second-order valence-electron chi connectivity index (χ2n) is 4.32. The first kappa shape index (κ1) is 9.44. The highest BCUT2D eigenvalue weighted by Crippen LogP contribution is 2.21. The fraction of sp³-hybridized carbons (Fsp3) is 1.00. The van der Waals surface area contributed by atoms with Crippen LogP contribution in [-0.2, 0) is 4.74 Å². The standard InChI is InChI=1S/C10H20N2O/c1-8-7-11-10(13-8)9-5-3-4-6-12(9)2/h8-11H,3-7H2,1-2H3. The zero-order valence-electron chi connectivity index (χ0n) is 8.62. The van der Waals surface area contributed by atoms with Gasteiger partial charge in [0.15, 0.2) is 0 Å². The lowest BCUT2D eigenvalue weighted by Gasteiger charge is -2.35. The maximum Gasteiger partial charge on any atom is 0.124 e. The second-order valence-corrected chi connectivity index (χ2v) is 4.32.